The number of hydrogen-bond donors (Lipinski definition) is 4. The highest BCUT2D eigenvalue weighted by molar-refractivity contribution is 7.89. The van der Waals surface area contributed by atoms with Crippen molar-refractivity contribution in [3.8, 4) is 0 Å². The maximum atomic E-state index is 12.0. The molecule has 0 aliphatic carbocycles. The topological polar surface area (TPSA) is 134 Å². The number of nitrogens with zero attached hydrogens (tertiary/aromatic N) is 1. The van der Waals surface area contributed by atoms with Crippen molar-refractivity contribution in [2.45, 2.75) is 24.7 Å². The molecule has 1 amide bonds. The SMILES string of the molecule is CC(=O)Nc1ccc(S(=O)(=O)NCCCC(N)=NO)cc1. The summed E-state index contributed by atoms with van der Waals surface area (Å²) in [5, 5.41) is 13.7. The first-order valence-electron chi connectivity index (χ1n) is 6.19. The summed E-state index contributed by atoms with van der Waals surface area (Å²) in [6.45, 7) is 1.54. The van der Waals surface area contributed by atoms with Crippen molar-refractivity contribution in [2.75, 3.05) is 11.9 Å². The molecule has 0 saturated carbocycles. The van der Waals surface area contributed by atoms with Gasteiger partial charge in [-0.05, 0) is 30.7 Å². The van der Waals surface area contributed by atoms with Gasteiger partial charge in [-0.15, -0.1) is 0 Å². The average Bonchev–Trinajstić information content (AvgIpc) is 2.43. The van der Waals surface area contributed by atoms with Crippen LogP contribution < -0.4 is 15.8 Å². The van der Waals surface area contributed by atoms with E-state index in [9.17, 15) is 13.2 Å². The Morgan fingerprint density at radius 1 is 1.33 bits per heavy atom. The van der Waals surface area contributed by atoms with Gasteiger partial charge in [0.1, 0.15) is 5.84 Å². The van der Waals surface area contributed by atoms with Crippen LogP contribution in [-0.4, -0.2) is 31.9 Å². The summed E-state index contributed by atoms with van der Waals surface area (Å²) in [5.74, 6) is -0.180. The van der Waals surface area contributed by atoms with Gasteiger partial charge in [0.2, 0.25) is 15.9 Å². The third-order valence-electron chi connectivity index (χ3n) is 2.52. The minimum absolute atomic E-state index is 0.0499. The van der Waals surface area contributed by atoms with E-state index in [4.69, 9.17) is 10.9 Å². The first kappa shape index (κ1) is 16.9. The molecule has 1 aromatic carbocycles. The molecule has 5 N–H and O–H groups in total. The summed E-state index contributed by atoms with van der Waals surface area (Å²) < 4.78 is 26.3. The molecule has 21 heavy (non-hydrogen) atoms. The van der Waals surface area contributed by atoms with Gasteiger partial charge in [-0.2, -0.15) is 0 Å². The number of nitrogens with two attached hydrogens (primary N) is 1. The van der Waals surface area contributed by atoms with Crippen LogP contribution in [0.25, 0.3) is 0 Å². The van der Waals surface area contributed by atoms with Crippen molar-refractivity contribution >= 4 is 27.5 Å². The standard InChI is InChI=1S/C12H18N4O4S/c1-9(17)15-10-4-6-11(7-5-10)21(19,20)14-8-2-3-12(13)16-18/h4-7,14,18H,2-3,8H2,1H3,(H2,13,16)(H,15,17). The van der Waals surface area contributed by atoms with Gasteiger partial charge in [-0.3, -0.25) is 4.79 Å². The minimum Gasteiger partial charge on any atom is -0.409 e. The van der Waals surface area contributed by atoms with E-state index in [2.05, 4.69) is 15.2 Å². The van der Waals surface area contributed by atoms with Crippen molar-refractivity contribution in [3.63, 3.8) is 0 Å². The van der Waals surface area contributed by atoms with Crippen molar-refractivity contribution in [1.82, 2.24) is 4.72 Å². The number of carbonyl (C=O) groups excluding carboxylic acids is 1. The molecular formula is C12H18N4O4S. The van der Waals surface area contributed by atoms with Crippen molar-refractivity contribution in [3.05, 3.63) is 24.3 Å². The van der Waals surface area contributed by atoms with Gasteiger partial charge >= 0.3 is 0 Å². The number of anilines is 1. The molecule has 0 spiro atoms. The van der Waals surface area contributed by atoms with Crippen molar-refractivity contribution < 1.29 is 18.4 Å². The molecule has 116 valence electrons. The van der Waals surface area contributed by atoms with Gasteiger partial charge in [0, 0.05) is 25.6 Å². The van der Waals surface area contributed by atoms with Gasteiger partial charge in [0.05, 0.1) is 4.90 Å². The normalized spacial score (nSPS) is 12.1. The van der Waals surface area contributed by atoms with Crippen molar-refractivity contribution in [1.29, 1.82) is 0 Å². The molecular weight excluding hydrogens is 296 g/mol. The molecule has 1 aromatic rings. The van der Waals surface area contributed by atoms with E-state index in [-0.39, 0.29) is 23.2 Å². The molecule has 0 bridgehead atoms. The monoisotopic (exact) mass is 314 g/mol. The Kier molecular flexibility index (Phi) is 6.12. The Bertz CT molecular complexity index is 611. The minimum atomic E-state index is -3.62. The second kappa shape index (κ2) is 7.60. The van der Waals surface area contributed by atoms with Gasteiger partial charge in [-0.1, -0.05) is 5.16 Å². The molecule has 0 radical (unpaired) electrons. The Hall–Kier alpha value is -2.13. The van der Waals surface area contributed by atoms with Crippen LogP contribution in [0.1, 0.15) is 19.8 Å². The number of amides is 1. The van der Waals surface area contributed by atoms with Crippen LogP contribution in [0.5, 0.6) is 0 Å². The average molecular weight is 314 g/mol. The number of sulfonamides is 1. The Morgan fingerprint density at radius 2 is 1.95 bits per heavy atom. The fourth-order valence-electron chi connectivity index (χ4n) is 1.53. The molecule has 0 atom stereocenters. The van der Waals surface area contributed by atoms with E-state index in [0.29, 0.717) is 18.5 Å². The Morgan fingerprint density at radius 3 is 2.48 bits per heavy atom. The van der Waals surface area contributed by atoms with Crippen LogP contribution in [0.15, 0.2) is 34.3 Å². The number of benzene rings is 1. The van der Waals surface area contributed by atoms with Crippen LogP contribution in [0, 0.1) is 0 Å². The Labute approximate surface area is 123 Å². The summed E-state index contributed by atoms with van der Waals surface area (Å²) in [4.78, 5) is 11.0. The number of rotatable bonds is 7. The number of oxime groups is 1. The van der Waals surface area contributed by atoms with Crippen LogP contribution in [0.3, 0.4) is 0 Å². The molecule has 0 heterocycles. The van der Waals surface area contributed by atoms with Gasteiger partial charge in [-0.25, -0.2) is 13.1 Å². The second-order valence-corrected chi connectivity index (χ2v) is 6.07. The van der Waals surface area contributed by atoms with Crippen LogP contribution in [0.2, 0.25) is 0 Å². The maximum Gasteiger partial charge on any atom is 0.240 e. The number of hydrogen-bond acceptors (Lipinski definition) is 5. The van der Waals surface area contributed by atoms with Crippen LogP contribution in [-0.2, 0) is 14.8 Å². The zero-order chi connectivity index (χ0) is 15.9. The lowest BCUT2D eigenvalue weighted by Gasteiger charge is -2.07. The molecule has 0 fully saturated rings. The maximum absolute atomic E-state index is 12.0. The molecule has 0 saturated heterocycles. The molecule has 8 nitrogen and oxygen atoms in total. The summed E-state index contributed by atoms with van der Waals surface area (Å²) in [6.07, 6.45) is 0.708. The largest absolute Gasteiger partial charge is 0.409 e. The first-order valence-corrected chi connectivity index (χ1v) is 7.67. The zero-order valence-corrected chi connectivity index (χ0v) is 12.4. The van der Waals surface area contributed by atoms with Gasteiger partial charge < -0.3 is 16.3 Å². The Balaban J connectivity index is 2.60. The van der Waals surface area contributed by atoms with Crippen LogP contribution in [0.4, 0.5) is 5.69 Å². The second-order valence-electron chi connectivity index (χ2n) is 4.30. The molecule has 1 rings (SSSR count). The number of carbonyl (C=O) groups is 1. The van der Waals surface area contributed by atoms with Gasteiger partial charge in [0.25, 0.3) is 0 Å². The quantitative estimate of drug-likeness (QED) is 0.191. The highest BCUT2D eigenvalue weighted by Gasteiger charge is 2.13. The third-order valence-corrected chi connectivity index (χ3v) is 3.99. The van der Waals surface area contributed by atoms with E-state index in [0.717, 1.165) is 0 Å². The third kappa shape index (κ3) is 5.79. The molecule has 0 aliphatic rings. The number of amidine groups is 1. The number of nitrogens with one attached hydrogen (secondary N) is 2. The summed E-state index contributed by atoms with van der Waals surface area (Å²) in [6, 6.07) is 5.81. The fraction of sp³-hybridized carbons (Fsp3) is 0.333. The predicted octanol–water partition coefficient (Wildman–Crippen LogP) is 0.450. The summed E-state index contributed by atoms with van der Waals surface area (Å²) >= 11 is 0. The lowest BCUT2D eigenvalue weighted by Crippen LogP contribution is -2.26. The van der Waals surface area contributed by atoms with Crippen molar-refractivity contribution in [2.24, 2.45) is 10.9 Å². The first-order chi connectivity index (χ1) is 9.85. The van der Waals surface area contributed by atoms with E-state index >= 15 is 0 Å². The molecule has 0 aromatic heterocycles. The summed E-state index contributed by atoms with van der Waals surface area (Å²) in [7, 11) is -3.62. The fourth-order valence-corrected chi connectivity index (χ4v) is 2.60. The molecule has 0 unspecified atom stereocenters. The smallest absolute Gasteiger partial charge is 0.240 e. The molecule has 0 aliphatic heterocycles. The van der Waals surface area contributed by atoms with Gasteiger partial charge in [0.15, 0.2) is 0 Å². The van der Waals surface area contributed by atoms with E-state index in [1.165, 1.54) is 31.2 Å². The van der Waals surface area contributed by atoms with Crippen LogP contribution >= 0.6 is 0 Å². The predicted molar refractivity (Wildman–Crippen MR) is 78.6 cm³/mol. The lowest BCUT2D eigenvalue weighted by molar-refractivity contribution is -0.114. The summed E-state index contributed by atoms with van der Waals surface area (Å²) in [5.41, 5.74) is 5.80. The lowest BCUT2D eigenvalue weighted by atomic mass is 10.3. The highest BCUT2D eigenvalue weighted by Crippen LogP contribution is 2.13. The van der Waals surface area contributed by atoms with E-state index < -0.39 is 10.0 Å². The highest BCUT2D eigenvalue weighted by atomic mass is 32.2. The van der Waals surface area contributed by atoms with E-state index in [1.807, 2.05) is 0 Å². The van der Waals surface area contributed by atoms with E-state index in [1.54, 1.807) is 0 Å². The molecule has 9 heteroatoms. The zero-order valence-electron chi connectivity index (χ0n) is 11.5.